The number of carbonyl (C=O) groups excluding carboxylic acids is 3. The molecule has 1 aromatic heterocycles. The SMILES string of the molecule is C=C(CN(CC)CC)C(=O)NC[C@H](Cc1ccccc1)NC(=O)[C@H](Cc1nc2ccc(C(C)C)cc2s1)NC(=O)CC. The highest BCUT2D eigenvalue weighted by Crippen LogP contribution is 2.27. The van der Waals surface area contributed by atoms with Crippen LogP contribution in [0.15, 0.2) is 60.7 Å². The summed E-state index contributed by atoms with van der Waals surface area (Å²) in [5.41, 5.74) is 3.63. The first-order chi connectivity index (χ1) is 20.1. The number of benzene rings is 2. The molecule has 0 spiro atoms. The maximum atomic E-state index is 13.7. The number of likely N-dealkylation sites (N-methyl/N-ethyl adjacent to an activating group) is 1. The van der Waals surface area contributed by atoms with Gasteiger partial charge in [-0.3, -0.25) is 19.3 Å². The monoisotopic (exact) mass is 591 g/mol. The van der Waals surface area contributed by atoms with E-state index in [1.807, 2.05) is 50.2 Å². The van der Waals surface area contributed by atoms with Crippen LogP contribution < -0.4 is 16.0 Å². The van der Waals surface area contributed by atoms with Gasteiger partial charge in [0.2, 0.25) is 17.7 Å². The third-order valence-electron chi connectivity index (χ3n) is 7.29. The predicted octanol–water partition coefficient (Wildman–Crippen LogP) is 4.60. The molecule has 0 radical (unpaired) electrons. The second-order valence-electron chi connectivity index (χ2n) is 10.8. The second-order valence-corrected chi connectivity index (χ2v) is 12.0. The predicted molar refractivity (Wildman–Crippen MR) is 172 cm³/mol. The molecule has 0 aliphatic carbocycles. The summed E-state index contributed by atoms with van der Waals surface area (Å²) >= 11 is 1.54. The molecule has 3 aromatic rings. The lowest BCUT2D eigenvalue weighted by atomic mass is 10.0. The van der Waals surface area contributed by atoms with Gasteiger partial charge in [-0.25, -0.2) is 4.98 Å². The maximum absolute atomic E-state index is 13.7. The molecule has 0 bridgehead atoms. The second kappa shape index (κ2) is 16.2. The van der Waals surface area contributed by atoms with Crippen molar-refractivity contribution in [1.82, 2.24) is 25.8 Å². The Hall–Kier alpha value is -3.56. The fraction of sp³-hybridized carbons (Fsp3) is 0.455. The van der Waals surface area contributed by atoms with Crippen LogP contribution in [0.25, 0.3) is 10.2 Å². The van der Waals surface area contributed by atoms with Crippen LogP contribution in [-0.2, 0) is 27.2 Å². The summed E-state index contributed by atoms with van der Waals surface area (Å²) < 4.78 is 1.06. The lowest BCUT2D eigenvalue weighted by molar-refractivity contribution is -0.129. The number of carbonyl (C=O) groups is 3. The fourth-order valence-electron chi connectivity index (χ4n) is 4.62. The van der Waals surface area contributed by atoms with Crippen LogP contribution in [0.2, 0.25) is 0 Å². The Morgan fingerprint density at radius 2 is 1.69 bits per heavy atom. The van der Waals surface area contributed by atoms with Crippen LogP contribution in [0.4, 0.5) is 0 Å². The molecule has 42 heavy (non-hydrogen) atoms. The number of nitrogens with one attached hydrogen (secondary N) is 3. The Labute approximate surface area is 254 Å². The van der Waals surface area contributed by atoms with Crippen LogP contribution in [0.3, 0.4) is 0 Å². The van der Waals surface area contributed by atoms with Crippen molar-refractivity contribution in [3.63, 3.8) is 0 Å². The molecule has 9 heteroatoms. The average molecular weight is 592 g/mol. The van der Waals surface area contributed by atoms with E-state index in [4.69, 9.17) is 4.98 Å². The summed E-state index contributed by atoms with van der Waals surface area (Å²) in [5.74, 6) is -0.353. The highest BCUT2D eigenvalue weighted by atomic mass is 32.1. The van der Waals surface area contributed by atoms with Gasteiger partial charge in [-0.05, 0) is 48.7 Å². The zero-order chi connectivity index (χ0) is 30.6. The van der Waals surface area contributed by atoms with Gasteiger partial charge in [0.1, 0.15) is 6.04 Å². The van der Waals surface area contributed by atoms with E-state index in [9.17, 15) is 14.4 Å². The Kier molecular flexibility index (Phi) is 12.7. The molecule has 0 unspecified atom stereocenters. The quantitative estimate of drug-likeness (QED) is 0.211. The molecule has 0 fully saturated rings. The summed E-state index contributed by atoms with van der Waals surface area (Å²) in [6, 6.07) is 14.9. The minimum atomic E-state index is -0.797. The van der Waals surface area contributed by atoms with E-state index in [0.29, 0.717) is 24.5 Å². The number of fused-ring (bicyclic) bond motifs is 1. The number of aromatic nitrogens is 1. The lowest BCUT2D eigenvalue weighted by Crippen LogP contribution is -2.53. The highest BCUT2D eigenvalue weighted by Gasteiger charge is 2.26. The van der Waals surface area contributed by atoms with Crippen molar-refractivity contribution in [2.45, 2.75) is 71.9 Å². The van der Waals surface area contributed by atoms with E-state index in [1.54, 1.807) is 18.3 Å². The molecule has 0 saturated carbocycles. The van der Waals surface area contributed by atoms with Crippen molar-refractivity contribution in [1.29, 1.82) is 0 Å². The van der Waals surface area contributed by atoms with Crippen LogP contribution in [0, 0.1) is 0 Å². The Morgan fingerprint density at radius 1 is 0.976 bits per heavy atom. The molecule has 3 rings (SSSR count). The summed E-state index contributed by atoms with van der Waals surface area (Å²) in [6.07, 6.45) is 1.06. The Morgan fingerprint density at radius 3 is 2.33 bits per heavy atom. The van der Waals surface area contributed by atoms with Crippen molar-refractivity contribution < 1.29 is 14.4 Å². The molecule has 2 aromatic carbocycles. The summed E-state index contributed by atoms with van der Waals surface area (Å²) in [4.78, 5) is 45.8. The van der Waals surface area contributed by atoms with Gasteiger partial charge < -0.3 is 16.0 Å². The molecule has 3 N–H and O–H groups in total. The molecule has 0 aliphatic heterocycles. The third-order valence-corrected chi connectivity index (χ3v) is 8.33. The first kappa shape index (κ1) is 32.9. The van der Waals surface area contributed by atoms with E-state index >= 15 is 0 Å². The molecule has 0 aliphatic rings. The summed E-state index contributed by atoms with van der Waals surface area (Å²) in [6.45, 7) is 16.5. The lowest BCUT2D eigenvalue weighted by Gasteiger charge is -2.24. The van der Waals surface area contributed by atoms with Gasteiger partial charge in [0, 0.05) is 31.5 Å². The molecule has 8 nitrogen and oxygen atoms in total. The first-order valence-corrected chi connectivity index (χ1v) is 15.7. The zero-order valence-electron chi connectivity index (χ0n) is 25.5. The maximum Gasteiger partial charge on any atom is 0.247 e. The average Bonchev–Trinajstić information content (AvgIpc) is 3.39. The van der Waals surface area contributed by atoms with Gasteiger partial charge in [0.05, 0.1) is 21.3 Å². The van der Waals surface area contributed by atoms with E-state index in [1.165, 1.54) is 5.56 Å². The minimum Gasteiger partial charge on any atom is -0.350 e. The van der Waals surface area contributed by atoms with Crippen molar-refractivity contribution in [3.05, 3.63) is 76.8 Å². The van der Waals surface area contributed by atoms with Gasteiger partial charge in [-0.1, -0.05) is 77.6 Å². The van der Waals surface area contributed by atoms with E-state index in [-0.39, 0.29) is 37.1 Å². The molecule has 2 atom stereocenters. The van der Waals surface area contributed by atoms with Crippen molar-refractivity contribution in [2.75, 3.05) is 26.2 Å². The van der Waals surface area contributed by atoms with Gasteiger partial charge in [0.25, 0.3) is 0 Å². The van der Waals surface area contributed by atoms with Crippen LogP contribution >= 0.6 is 11.3 Å². The molecule has 0 saturated heterocycles. The topological polar surface area (TPSA) is 103 Å². The standard InChI is InChI=1S/C33H45N5O3S/c1-7-30(39)36-28(19-31-37-27-16-15-25(22(4)5)18-29(27)42-31)33(41)35-26(17-24-13-11-10-12-14-24)20-34-32(40)23(6)21-38(8-2)9-3/h10-16,18,22,26,28H,6-9,17,19-21H2,1-5H3,(H,34,40)(H,35,41)(H,36,39)/t26-,28-/m0/s1. The third kappa shape index (κ3) is 9.77. The normalized spacial score (nSPS) is 12.7. The van der Waals surface area contributed by atoms with Crippen LogP contribution in [-0.4, -0.2) is 65.9 Å². The molecule has 1 heterocycles. The number of hydrogen-bond acceptors (Lipinski definition) is 6. The molecular weight excluding hydrogens is 546 g/mol. The van der Waals surface area contributed by atoms with Gasteiger partial charge in [0.15, 0.2) is 0 Å². The van der Waals surface area contributed by atoms with E-state index in [0.717, 1.165) is 33.9 Å². The fourth-order valence-corrected chi connectivity index (χ4v) is 5.68. The van der Waals surface area contributed by atoms with Gasteiger partial charge in [-0.2, -0.15) is 0 Å². The first-order valence-electron chi connectivity index (χ1n) is 14.8. The highest BCUT2D eigenvalue weighted by molar-refractivity contribution is 7.18. The zero-order valence-corrected chi connectivity index (χ0v) is 26.4. The number of nitrogens with zero attached hydrogens (tertiary/aromatic N) is 2. The number of hydrogen-bond donors (Lipinski definition) is 3. The number of rotatable bonds is 16. The van der Waals surface area contributed by atoms with Crippen molar-refractivity contribution >= 4 is 39.3 Å². The summed E-state index contributed by atoms with van der Waals surface area (Å²) in [5, 5.41) is 9.72. The van der Waals surface area contributed by atoms with Crippen molar-refractivity contribution in [2.24, 2.45) is 0 Å². The number of thiazole rings is 1. The van der Waals surface area contributed by atoms with Crippen LogP contribution in [0.5, 0.6) is 0 Å². The number of amides is 3. The molecular formula is C33H45N5O3S. The Balaban J connectivity index is 1.76. The van der Waals surface area contributed by atoms with Gasteiger partial charge in [-0.15, -0.1) is 11.3 Å². The van der Waals surface area contributed by atoms with E-state index < -0.39 is 12.1 Å². The van der Waals surface area contributed by atoms with Crippen molar-refractivity contribution in [3.8, 4) is 0 Å². The Bertz CT molecular complexity index is 1350. The molecule has 226 valence electrons. The van der Waals surface area contributed by atoms with E-state index in [2.05, 4.69) is 53.4 Å². The van der Waals surface area contributed by atoms with Gasteiger partial charge >= 0.3 is 0 Å². The van der Waals surface area contributed by atoms with Crippen LogP contribution in [0.1, 0.15) is 63.1 Å². The minimum absolute atomic E-state index is 0.209. The summed E-state index contributed by atoms with van der Waals surface area (Å²) in [7, 11) is 0. The smallest absolute Gasteiger partial charge is 0.247 e. The molecule has 3 amide bonds. The largest absolute Gasteiger partial charge is 0.350 e.